The number of benzene rings is 1. The van der Waals surface area contributed by atoms with Gasteiger partial charge in [0.15, 0.2) is 5.82 Å². The van der Waals surface area contributed by atoms with Crippen molar-refractivity contribution < 1.29 is 4.42 Å². The van der Waals surface area contributed by atoms with Gasteiger partial charge in [-0.25, -0.2) is 5.10 Å². The predicted octanol–water partition coefficient (Wildman–Crippen LogP) is 5.05. The van der Waals surface area contributed by atoms with Gasteiger partial charge in [0, 0.05) is 11.8 Å². The van der Waals surface area contributed by atoms with Gasteiger partial charge in [-0.2, -0.15) is 14.9 Å². The van der Waals surface area contributed by atoms with Crippen LogP contribution in [-0.2, 0) is 5.41 Å². The lowest BCUT2D eigenvalue weighted by Crippen LogP contribution is -2.10. The topological polar surface area (TPSA) is 59.1 Å². The Morgan fingerprint density at radius 1 is 1.20 bits per heavy atom. The molecule has 25 heavy (non-hydrogen) atoms. The number of hydrogen-bond donors (Lipinski definition) is 1. The second-order valence-corrected chi connectivity index (χ2v) is 7.02. The number of hydrogen-bond acceptors (Lipinski definition) is 4. The van der Waals surface area contributed by atoms with Crippen LogP contribution in [0.1, 0.15) is 32.1 Å². The average Bonchev–Trinajstić information content (AvgIpc) is 3.21. The first kappa shape index (κ1) is 17.1. The lowest BCUT2D eigenvalue weighted by molar-refractivity contribution is 0.557. The maximum atomic E-state index is 5.28. The predicted molar refractivity (Wildman–Crippen MR) is 103 cm³/mol. The van der Waals surface area contributed by atoms with Crippen molar-refractivity contribution in [3.8, 4) is 11.4 Å². The summed E-state index contributed by atoms with van der Waals surface area (Å²) < 4.78 is 7.28. The minimum absolute atomic E-state index is 0.109. The van der Waals surface area contributed by atoms with Crippen molar-refractivity contribution in [1.29, 1.82) is 0 Å². The molecule has 3 rings (SSSR count). The Bertz CT molecular complexity index is 939. The van der Waals surface area contributed by atoms with Crippen LogP contribution in [0.3, 0.4) is 0 Å². The minimum Gasteiger partial charge on any atom is -0.465 e. The molecular weight excluding hydrogens is 332 g/mol. The molecule has 0 atom stereocenters. The van der Waals surface area contributed by atoms with Crippen LogP contribution in [0, 0.1) is 4.77 Å². The largest absolute Gasteiger partial charge is 0.465 e. The van der Waals surface area contributed by atoms with Crippen LogP contribution in [0.4, 0.5) is 0 Å². The fourth-order valence-corrected chi connectivity index (χ4v) is 2.51. The van der Waals surface area contributed by atoms with Crippen LogP contribution in [0.2, 0.25) is 0 Å². The fourth-order valence-electron chi connectivity index (χ4n) is 2.33. The Balaban J connectivity index is 1.85. The van der Waals surface area contributed by atoms with E-state index in [1.54, 1.807) is 23.2 Å². The summed E-state index contributed by atoms with van der Waals surface area (Å²) in [5.74, 6) is 1.44. The molecule has 0 unspecified atom stereocenters. The van der Waals surface area contributed by atoms with Crippen molar-refractivity contribution >= 4 is 24.5 Å². The van der Waals surface area contributed by atoms with Gasteiger partial charge in [-0.1, -0.05) is 45.0 Å². The highest BCUT2D eigenvalue weighted by Gasteiger charge is 2.14. The first-order chi connectivity index (χ1) is 11.9. The highest BCUT2D eigenvalue weighted by Crippen LogP contribution is 2.25. The number of nitrogens with one attached hydrogen (secondary N) is 1. The van der Waals surface area contributed by atoms with E-state index in [1.807, 2.05) is 30.3 Å². The molecule has 0 saturated heterocycles. The van der Waals surface area contributed by atoms with Gasteiger partial charge in [0.05, 0.1) is 6.26 Å². The van der Waals surface area contributed by atoms with Gasteiger partial charge in [0.1, 0.15) is 5.76 Å². The van der Waals surface area contributed by atoms with E-state index in [0.717, 1.165) is 11.3 Å². The van der Waals surface area contributed by atoms with Gasteiger partial charge in [-0.15, -0.1) is 0 Å². The average molecular weight is 352 g/mol. The molecule has 2 aromatic heterocycles. The monoisotopic (exact) mass is 352 g/mol. The maximum Gasteiger partial charge on any atom is 0.216 e. The third-order valence-electron chi connectivity index (χ3n) is 3.73. The normalized spacial score (nSPS) is 12.4. The molecule has 0 aliphatic heterocycles. The van der Waals surface area contributed by atoms with Gasteiger partial charge in [-0.3, -0.25) is 0 Å². The summed E-state index contributed by atoms with van der Waals surface area (Å²) in [6, 6.07) is 12.0. The molecule has 1 N–H and O–H groups in total. The highest BCUT2D eigenvalue weighted by atomic mass is 32.1. The van der Waals surface area contributed by atoms with Crippen molar-refractivity contribution in [2.75, 3.05) is 0 Å². The fraction of sp³-hybridized carbons (Fsp3) is 0.211. The SMILES string of the molecule is CC(C)(C)c1ccc(-c2n[nH]c(=S)n2/N=C/C=C/c2ccco2)cc1. The number of allylic oxidation sites excluding steroid dienone is 1. The minimum atomic E-state index is 0.109. The summed E-state index contributed by atoms with van der Waals surface area (Å²) in [6.07, 6.45) is 6.90. The summed E-state index contributed by atoms with van der Waals surface area (Å²) in [6.45, 7) is 6.56. The Morgan fingerprint density at radius 3 is 2.60 bits per heavy atom. The van der Waals surface area contributed by atoms with E-state index in [0.29, 0.717) is 10.6 Å². The molecule has 3 aromatic rings. The summed E-state index contributed by atoms with van der Waals surface area (Å²) in [4.78, 5) is 0. The second-order valence-electron chi connectivity index (χ2n) is 6.63. The van der Waals surface area contributed by atoms with Crippen molar-refractivity contribution in [1.82, 2.24) is 14.9 Å². The van der Waals surface area contributed by atoms with E-state index in [-0.39, 0.29) is 5.41 Å². The zero-order chi connectivity index (χ0) is 17.9. The molecule has 0 aliphatic rings. The highest BCUT2D eigenvalue weighted by molar-refractivity contribution is 7.71. The van der Waals surface area contributed by atoms with E-state index in [4.69, 9.17) is 16.6 Å². The zero-order valence-corrected chi connectivity index (χ0v) is 15.2. The number of furan rings is 1. The molecule has 0 amide bonds. The number of aromatic amines is 1. The Labute approximate surface area is 151 Å². The molecule has 0 saturated carbocycles. The Hall–Kier alpha value is -2.73. The van der Waals surface area contributed by atoms with Crippen LogP contribution in [0.5, 0.6) is 0 Å². The molecule has 0 aliphatic carbocycles. The van der Waals surface area contributed by atoms with Crippen LogP contribution in [-0.4, -0.2) is 21.1 Å². The van der Waals surface area contributed by atoms with Crippen LogP contribution < -0.4 is 0 Å². The van der Waals surface area contributed by atoms with Gasteiger partial charge in [0.2, 0.25) is 4.77 Å². The number of nitrogens with zero attached hydrogens (tertiary/aromatic N) is 3. The maximum absolute atomic E-state index is 5.28. The number of H-pyrrole nitrogens is 1. The quantitative estimate of drug-likeness (QED) is 0.528. The molecular formula is C19H20N4OS. The van der Waals surface area contributed by atoms with Gasteiger partial charge >= 0.3 is 0 Å². The third-order valence-corrected chi connectivity index (χ3v) is 4.00. The van der Waals surface area contributed by atoms with Gasteiger partial charge < -0.3 is 4.42 Å². The third kappa shape index (κ3) is 4.03. The molecule has 5 nitrogen and oxygen atoms in total. The number of rotatable bonds is 4. The smallest absolute Gasteiger partial charge is 0.216 e. The molecule has 0 spiro atoms. The van der Waals surface area contributed by atoms with E-state index >= 15 is 0 Å². The van der Waals surface area contributed by atoms with Crippen molar-refractivity contribution in [2.24, 2.45) is 5.10 Å². The van der Waals surface area contributed by atoms with E-state index < -0.39 is 0 Å². The molecule has 2 heterocycles. The molecule has 6 heteroatoms. The zero-order valence-electron chi connectivity index (χ0n) is 14.4. The molecule has 128 valence electrons. The van der Waals surface area contributed by atoms with E-state index in [9.17, 15) is 0 Å². The molecule has 1 aromatic carbocycles. The first-order valence-corrected chi connectivity index (χ1v) is 8.39. The summed E-state index contributed by atoms with van der Waals surface area (Å²) in [5.41, 5.74) is 2.33. The summed E-state index contributed by atoms with van der Waals surface area (Å²) >= 11 is 5.28. The van der Waals surface area contributed by atoms with Crippen molar-refractivity contribution in [3.63, 3.8) is 0 Å². The van der Waals surface area contributed by atoms with Crippen LogP contribution >= 0.6 is 12.2 Å². The molecule has 0 bridgehead atoms. The standard InChI is InChI=1S/C19H20N4OS/c1-19(2,3)15-10-8-14(9-11-15)17-21-22-18(25)23(17)20-12-4-6-16-7-5-13-24-16/h4-13H,1-3H3,(H,22,25)/b6-4+,20-12+. The summed E-state index contributed by atoms with van der Waals surface area (Å²) in [5, 5.41) is 11.5. The van der Waals surface area contributed by atoms with Gasteiger partial charge in [-0.05, 0) is 47.5 Å². The lowest BCUT2D eigenvalue weighted by Gasteiger charge is -2.18. The molecule has 0 radical (unpaired) electrons. The van der Waals surface area contributed by atoms with Crippen LogP contribution in [0.25, 0.3) is 17.5 Å². The van der Waals surface area contributed by atoms with Crippen molar-refractivity contribution in [3.05, 3.63) is 64.8 Å². The lowest BCUT2D eigenvalue weighted by atomic mass is 9.87. The first-order valence-electron chi connectivity index (χ1n) is 7.98. The second kappa shape index (κ2) is 7.03. The Kier molecular flexibility index (Phi) is 4.81. The van der Waals surface area contributed by atoms with E-state index in [1.165, 1.54) is 5.56 Å². The van der Waals surface area contributed by atoms with E-state index in [2.05, 4.69) is 48.2 Å². The number of aromatic nitrogens is 3. The Morgan fingerprint density at radius 2 is 1.96 bits per heavy atom. The summed E-state index contributed by atoms with van der Waals surface area (Å²) in [7, 11) is 0. The van der Waals surface area contributed by atoms with Crippen molar-refractivity contribution in [2.45, 2.75) is 26.2 Å². The molecule has 0 fully saturated rings. The van der Waals surface area contributed by atoms with Gasteiger partial charge in [0.25, 0.3) is 0 Å². The van der Waals surface area contributed by atoms with Crippen LogP contribution in [0.15, 0.2) is 58.3 Å².